The molecule has 0 amide bonds. The van der Waals surface area contributed by atoms with Crippen LogP contribution < -0.4 is 10.1 Å². The minimum atomic E-state index is -0.563. The Hall–Kier alpha value is -3.60. The van der Waals surface area contributed by atoms with Crippen LogP contribution in [0.3, 0.4) is 0 Å². The molecule has 2 atom stereocenters. The Labute approximate surface area is 226 Å². The molecule has 1 aliphatic rings. The average molecular weight is 508 g/mol. The Balaban J connectivity index is 1.40. The highest BCUT2D eigenvalue weighted by atomic mass is 16.6. The zero-order valence-corrected chi connectivity index (χ0v) is 22.5. The minimum Gasteiger partial charge on any atom is -0.485 e. The van der Waals surface area contributed by atoms with Crippen molar-refractivity contribution in [2.75, 3.05) is 11.9 Å². The summed E-state index contributed by atoms with van der Waals surface area (Å²) in [6.45, 7) is 8.15. The van der Waals surface area contributed by atoms with Gasteiger partial charge in [0, 0.05) is 17.8 Å². The maximum atomic E-state index is 6.67. The van der Waals surface area contributed by atoms with Crippen molar-refractivity contribution in [3.8, 4) is 5.75 Å². The summed E-state index contributed by atoms with van der Waals surface area (Å²) in [6, 6.07) is 35.5. The quantitative estimate of drug-likeness (QED) is 0.239. The van der Waals surface area contributed by atoms with E-state index in [9.17, 15) is 0 Å². The van der Waals surface area contributed by atoms with Crippen molar-refractivity contribution < 1.29 is 14.2 Å². The van der Waals surface area contributed by atoms with Crippen LogP contribution in [0.25, 0.3) is 0 Å². The van der Waals surface area contributed by atoms with Crippen LogP contribution in [0.15, 0.2) is 103 Å². The second kappa shape index (κ2) is 11.8. The van der Waals surface area contributed by atoms with Crippen LogP contribution in [0.2, 0.25) is 0 Å². The lowest BCUT2D eigenvalue weighted by Crippen LogP contribution is -2.51. The summed E-state index contributed by atoms with van der Waals surface area (Å²) in [5.74, 6) is 0.848. The molecule has 0 radical (unpaired) electrons. The molecule has 196 valence electrons. The summed E-state index contributed by atoms with van der Waals surface area (Å²) in [5.41, 5.74) is 6.38. The molecule has 0 saturated heterocycles. The third-order valence-corrected chi connectivity index (χ3v) is 7.20. The lowest BCUT2D eigenvalue weighted by Gasteiger charge is -2.44. The van der Waals surface area contributed by atoms with Crippen LogP contribution in [0, 0.1) is 6.92 Å². The molecule has 0 fully saturated rings. The number of ether oxygens (including phenoxy) is 3. The topological polar surface area (TPSA) is 39.7 Å². The van der Waals surface area contributed by atoms with E-state index in [-0.39, 0.29) is 12.2 Å². The molecule has 4 heteroatoms. The zero-order valence-electron chi connectivity index (χ0n) is 22.5. The molecule has 4 nitrogen and oxygen atoms in total. The number of fused-ring (bicyclic) bond motifs is 1. The summed E-state index contributed by atoms with van der Waals surface area (Å²) in [7, 11) is 0. The van der Waals surface area contributed by atoms with Gasteiger partial charge in [0.05, 0.1) is 13.2 Å². The molecule has 1 aliphatic heterocycles. The van der Waals surface area contributed by atoms with Crippen molar-refractivity contribution in [1.82, 2.24) is 0 Å². The zero-order chi connectivity index (χ0) is 26.4. The number of anilines is 1. The van der Waals surface area contributed by atoms with E-state index in [4.69, 9.17) is 14.2 Å². The fourth-order valence-corrected chi connectivity index (χ4v) is 5.01. The van der Waals surface area contributed by atoms with E-state index < -0.39 is 5.60 Å². The molecule has 0 bridgehead atoms. The number of aryl methyl sites for hydroxylation is 1. The summed E-state index contributed by atoms with van der Waals surface area (Å²) in [6.07, 6.45) is 0.291. The molecular weight excluding hydrogens is 470 g/mol. The van der Waals surface area contributed by atoms with Gasteiger partial charge in [-0.05, 0) is 67.6 Å². The van der Waals surface area contributed by atoms with Gasteiger partial charge in [-0.1, -0.05) is 84.9 Å². The van der Waals surface area contributed by atoms with Crippen molar-refractivity contribution in [3.05, 3.63) is 131 Å². The fourth-order valence-electron chi connectivity index (χ4n) is 5.01. The predicted molar refractivity (Wildman–Crippen MR) is 154 cm³/mol. The SMILES string of the molecule is Cc1ccccc1COC1C(OCCc2ccccc2)c2cc(NCc3ccccc3)ccc2OC1(C)C. The highest BCUT2D eigenvalue weighted by molar-refractivity contribution is 5.54. The maximum Gasteiger partial charge on any atom is 0.132 e. The smallest absolute Gasteiger partial charge is 0.132 e. The van der Waals surface area contributed by atoms with Gasteiger partial charge in [-0.2, -0.15) is 0 Å². The number of nitrogens with one attached hydrogen (secondary N) is 1. The van der Waals surface area contributed by atoms with Crippen LogP contribution in [0.1, 0.15) is 47.8 Å². The van der Waals surface area contributed by atoms with Crippen molar-refractivity contribution in [1.29, 1.82) is 0 Å². The molecule has 0 aliphatic carbocycles. The minimum absolute atomic E-state index is 0.264. The molecule has 0 spiro atoms. The number of benzene rings is 4. The van der Waals surface area contributed by atoms with Crippen molar-refractivity contribution in [2.24, 2.45) is 0 Å². The maximum absolute atomic E-state index is 6.67. The summed E-state index contributed by atoms with van der Waals surface area (Å²) in [5, 5.41) is 3.56. The van der Waals surface area contributed by atoms with E-state index in [0.717, 1.165) is 30.0 Å². The molecule has 4 aromatic rings. The standard InChI is InChI=1S/C34H37NO3/c1-25-12-10-11-17-28(25)24-37-33-32(36-21-20-26-13-6-4-7-14-26)30-22-29(18-19-31(30)38-34(33,2)3)35-23-27-15-8-5-9-16-27/h4-19,22,32-33,35H,20-21,23-24H2,1-3H3. The van der Waals surface area contributed by atoms with E-state index >= 15 is 0 Å². The van der Waals surface area contributed by atoms with Gasteiger partial charge in [-0.15, -0.1) is 0 Å². The van der Waals surface area contributed by atoms with Crippen LogP contribution in [0.5, 0.6) is 5.75 Å². The van der Waals surface area contributed by atoms with Crippen LogP contribution in [-0.4, -0.2) is 18.3 Å². The van der Waals surface area contributed by atoms with Gasteiger partial charge in [0.25, 0.3) is 0 Å². The van der Waals surface area contributed by atoms with E-state index in [2.05, 4.69) is 117 Å². The highest BCUT2D eigenvalue weighted by Crippen LogP contribution is 2.44. The van der Waals surface area contributed by atoms with Gasteiger partial charge in [-0.25, -0.2) is 0 Å². The van der Waals surface area contributed by atoms with Crippen molar-refractivity contribution in [3.63, 3.8) is 0 Å². The largest absolute Gasteiger partial charge is 0.485 e. The number of rotatable bonds is 10. The van der Waals surface area contributed by atoms with Crippen LogP contribution in [-0.2, 0) is 29.0 Å². The lowest BCUT2D eigenvalue weighted by atomic mass is 9.87. The van der Waals surface area contributed by atoms with Crippen molar-refractivity contribution >= 4 is 5.69 Å². The first-order valence-electron chi connectivity index (χ1n) is 13.4. The number of hydrogen-bond acceptors (Lipinski definition) is 4. The van der Waals surface area contributed by atoms with Gasteiger partial charge in [0.1, 0.15) is 23.6 Å². The van der Waals surface area contributed by atoms with E-state index in [0.29, 0.717) is 13.2 Å². The summed E-state index contributed by atoms with van der Waals surface area (Å²) >= 11 is 0. The Morgan fingerprint density at radius 1 is 0.789 bits per heavy atom. The molecule has 1 N–H and O–H groups in total. The van der Waals surface area contributed by atoms with E-state index in [1.54, 1.807) is 0 Å². The predicted octanol–water partition coefficient (Wildman–Crippen LogP) is 7.66. The molecule has 1 heterocycles. The number of hydrogen-bond donors (Lipinski definition) is 1. The Morgan fingerprint density at radius 3 is 2.21 bits per heavy atom. The monoisotopic (exact) mass is 507 g/mol. The van der Waals surface area contributed by atoms with Crippen LogP contribution in [0.4, 0.5) is 5.69 Å². The normalized spacial score (nSPS) is 17.9. The third-order valence-electron chi connectivity index (χ3n) is 7.20. The van der Waals surface area contributed by atoms with Gasteiger partial charge >= 0.3 is 0 Å². The van der Waals surface area contributed by atoms with Gasteiger partial charge in [0.2, 0.25) is 0 Å². The molecule has 5 rings (SSSR count). The first kappa shape index (κ1) is 26.0. The van der Waals surface area contributed by atoms with E-state index in [1.165, 1.54) is 22.3 Å². The van der Waals surface area contributed by atoms with Gasteiger partial charge in [-0.3, -0.25) is 0 Å². The second-order valence-electron chi connectivity index (χ2n) is 10.5. The highest BCUT2D eigenvalue weighted by Gasteiger charge is 2.45. The molecule has 2 unspecified atom stereocenters. The van der Waals surface area contributed by atoms with Gasteiger partial charge < -0.3 is 19.5 Å². The molecule has 4 aromatic carbocycles. The molecule has 0 saturated carbocycles. The Bertz CT molecular complexity index is 1320. The Morgan fingerprint density at radius 2 is 1.47 bits per heavy atom. The fraction of sp³-hybridized carbons (Fsp3) is 0.294. The average Bonchev–Trinajstić information content (AvgIpc) is 2.93. The molecular formula is C34H37NO3. The van der Waals surface area contributed by atoms with Crippen LogP contribution >= 0.6 is 0 Å². The first-order valence-corrected chi connectivity index (χ1v) is 13.4. The van der Waals surface area contributed by atoms with Gasteiger partial charge in [0.15, 0.2) is 0 Å². The second-order valence-corrected chi connectivity index (χ2v) is 10.5. The Kier molecular flexibility index (Phi) is 8.11. The summed E-state index contributed by atoms with van der Waals surface area (Å²) in [4.78, 5) is 0. The van der Waals surface area contributed by atoms with Crippen molar-refractivity contribution in [2.45, 2.75) is 58.2 Å². The molecule has 38 heavy (non-hydrogen) atoms. The molecule has 0 aromatic heterocycles. The third kappa shape index (κ3) is 6.27. The lowest BCUT2D eigenvalue weighted by molar-refractivity contribution is -0.167. The summed E-state index contributed by atoms with van der Waals surface area (Å²) < 4.78 is 19.8. The van der Waals surface area contributed by atoms with E-state index in [1.807, 2.05) is 12.1 Å². The first-order chi connectivity index (χ1) is 18.5.